The summed E-state index contributed by atoms with van der Waals surface area (Å²) in [5, 5.41) is 6.80. The predicted octanol–water partition coefficient (Wildman–Crippen LogP) is -0.828. The van der Waals surface area contributed by atoms with Crippen LogP contribution in [0.1, 0.15) is 23.0 Å². The number of aryl methyl sites for hydroxylation is 1. The van der Waals surface area contributed by atoms with E-state index < -0.39 is 11.9 Å². The van der Waals surface area contributed by atoms with Crippen LogP contribution in [0.5, 0.6) is 0 Å². The highest BCUT2D eigenvalue weighted by Crippen LogP contribution is 2.08. The maximum absolute atomic E-state index is 11.6. The summed E-state index contributed by atoms with van der Waals surface area (Å²) >= 11 is 0. The lowest BCUT2D eigenvalue weighted by molar-refractivity contribution is -0.117. The summed E-state index contributed by atoms with van der Waals surface area (Å²) in [6.07, 6.45) is 1.44. The molecular weight excluding hydrogens is 224 g/mol. The van der Waals surface area contributed by atoms with Crippen LogP contribution in [0.2, 0.25) is 0 Å². The van der Waals surface area contributed by atoms with Gasteiger partial charge in [0.1, 0.15) is 5.56 Å². The Morgan fingerprint density at radius 2 is 2.29 bits per heavy atom. The van der Waals surface area contributed by atoms with Crippen molar-refractivity contribution in [3.63, 3.8) is 0 Å². The second-order valence-electron chi connectivity index (χ2n) is 3.42. The third-order valence-corrected chi connectivity index (χ3v) is 2.15. The molecule has 0 aliphatic carbocycles. The van der Waals surface area contributed by atoms with Crippen LogP contribution in [-0.4, -0.2) is 34.8 Å². The number of amides is 1. The Morgan fingerprint density at radius 1 is 1.59 bits per heavy atom. The van der Waals surface area contributed by atoms with Gasteiger partial charge in [0.2, 0.25) is 5.91 Å². The topological polar surface area (TPSA) is 99.2 Å². The number of carbonyl (C=O) groups excluding carboxylic acids is 2. The number of carbonyl (C=O) groups is 2. The summed E-state index contributed by atoms with van der Waals surface area (Å²) in [5.41, 5.74) is 6.05. The van der Waals surface area contributed by atoms with Crippen LogP contribution in [-0.2, 0) is 23.1 Å². The zero-order valence-electron chi connectivity index (χ0n) is 9.90. The van der Waals surface area contributed by atoms with Crippen molar-refractivity contribution in [3.05, 3.63) is 17.5 Å². The first kappa shape index (κ1) is 13.2. The van der Waals surface area contributed by atoms with E-state index >= 15 is 0 Å². The van der Waals surface area contributed by atoms with Crippen LogP contribution in [0.15, 0.2) is 6.20 Å². The zero-order chi connectivity index (χ0) is 12.8. The maximum atomic E-state index is 11.6. The molecule has 0 aliphatic rings. The van der Waals surface area contributed by atoms with Gasteiger partial charge in [-0.05, 0) is 6.92 Å². The lowest BCUT2D eigenvalue weighted by Crippen LogP contribution is -2.29. The molecular formula is C10H16N4O3. The summed E-state index contributed by atoms with van der Waals surface area (Å²) in [5.74, 6) is -0.874. The third kappa shape index (κ3) is 3.56. The molecule has 1 aromatic rings. The van der Waals surface area contributed by atoms with Crippen LogP contribution in [0.25, 0.3) is 0 Å². The van der Waals surface area contributed by atoms with Crippen molar-refractivity contribution in [2.24, 2.45) is 12.8 Å². The number of hydrogen-bond acceptors (Lipinski definition) is 5. The number of nitrogens with two attached hydrogens (primary N) is 1. The molecule has 0 saturated heterocycles. The predicted molar refractivity (Wildman–Crippen MR) is 60.1 cm³/mol. The second-order valence-corrected chi connectivity index (χ2v) is 3.42. The highest BCUT2D eigenvalue weighted by Gasteiger charge is 2.16. The quantitative estimate of drug-likeness (QED) is 0.632. The molecule has 17 heavy (non-hydrogen) atoms. The molecule has 0 bridgehead atoms. The van der Waals surface area contributed by atoms with E-state index in [4.69, 9.17) is 10.5 Å². The molecule has 1 amide bonds. The molecule has 1 aromatic heterocycles. The van der Waals surface area contributed by atoms with E-state index in [1.807, 2.05) is 0 Å². The van der Waals surface area contributed by atoms with Gasteiger partial charge in [0, 0.05) is 13.6 Å². The van der Waals surface area contributed by atoms with Crippen molar-refractivity contribution < 1.29 is 14.3 Å². The Hall–Kier alpha value is -1.89. The van der Waals surface area contributed by atoms with E-state index in [1.54, 1.807) is 18.7 Å². The molecule has 1 heterocycles. The van der Waals surface area contributed by atoms with Crippen molar-refractivity contribution in [3.8, 4) is 0 Å². The fraction of sp³-hybridized carbons (Fsp3) is 0.500. The van der Waals surface area contributed by atoms with Gasteiger partial charge in [-0.2, -0.15) is 5.10 Å². The SMILES string of the molecule is CCOC(=O)c1cnn(C)c1CNCC(N)=O. The third-order valence-electron chi connectivity index (χ3n) is 2.15. The first-order chi connectivity index (χ1) is 8.06. The van der Waals surface area contributed by atoms with Crippen molar-refractivity contribution in [2.45, 2.75) is 13.5 Å². The molecule has 94 valence electrons. The van der Waals surface area contributed by atoms with Gasteiger partial charge in [0.05, 0.1) is 25.0 Å². The van der Waals surface area contributed by atoms with Gasteiger partial charge in [0.25, 0.3) is 0 Å². The minimum absolute atomic E-state index is 0.0491. The van der Waals surface area contributed by atoms with Gasteiger partial charge in [-0.15, -0.1) is 0 Å². The van der Waals surface area contributed by atoms with Crippen LogP contribution in [0.4, 0.5) is 0 Å². The number of esters is 1. The average Bonchev–Trinajstić information content (AvgIpc) is 2.60. The van der Waals surface area contributed by atoms with Crippen molar-refractivity contribution in [1.82, 2.24) is 15.1 Å². The number of nitrogens with zero attached hydrogens (tertiary/aromatic N) is 2. The Kier molecular flexibility index (Phi) is 4.65. The molecule has 0 atom stereocenters. The minimum atomic E-state index is -0.454. The maximum Gasteiger partial charge on any atom is 0.341 e. The molecule has 3 N–H and O–H groups in total. The number of rotatable bonds is 6. The van der Waals surface area contributed by atoms with Crippen LogP contribution < -0.4 is 11.1 Å². The second kappa shape index (κ2) is 6.00. The molecule has 7 nitrogen and oxygen atoms in total. The summed E-state index contributed by atoms with van der Waals surface area (Å²) in [4.78, 5) is 22.2. The van der Waals surface area contributed by atoms with E-state index in [-0.39, 0.29) is 6.54 Å². The highest BCUT2D eigenvalue weighted by atomic mass is 16.5. The average molecular weight is 240 g/mol. The van der Waals surface area contributed by atoms with Gasteiger partial charge >= 0.3 is 5.97 Å². The molecule has 0 spiro atoms. The zero-order valence-corrected chi connectivity index (χ0v) is 9.90. The Balaban J connectivity index is 2.72. The largest absolute Gasteiger partial charge is 0.462 e. The monoisotopic (exact) mass is 240 g/mol. The van der Waals surface area contributed by atoms with Gasteiger partial charge in [0.15, 0.2) is 0 Å². The van der Waals surface area contributed by atoms with Crippen LogP contribution >= 0.6 is 0 Å². The molecule has 0 aliphatic heterocycles. The van der Waals surface area contributed by atoms with Gasteiger partial charge < -0.3 is 15.8 Å². The van der Waals surface area contributed by atoms with Crippen molar-refractivity contribution >= 4 is 11.9 Å². The van der Waals surface area contributed by atoms with Crippen molar-refractivity contribution in [2.75, 3.05) is 13.2 Å². The summed E-state index contributed by atoms with van der Waals surface area (Å²) in [7, 11) is 1.71. The van der Waals surface area contributed by atoms with E-state index in [1.165, 1.54) is 6.20 Å². The number of nitrogens with one attached hydrogen (secondary N) is 1. The number of aromatic nitrogens is 2. The van der Waals surface area contributed by atoms with Gasteiger partial charge in [-0.25, -0.2) is 4.79 Å². The highest BCUT2D eigenvalue weighted by molar-refractivity contribution is 5.90. The lowest BCUT2D eigenvalue weighted by atomic mass is 10.2. The number of ether oxygens (including phenoxy) is 1. The standard InChI is InChI=1S/C10H16N4O3/c1-3-17-10(16)7-4-13-14(2)8(7)5-12-6-9(11)15/h4,12H,3,5-6H2,1-2H3,(H2,11,15). The summed E-state index contributed by atoms with van der Waals surface area (Å²) in [6.45, 7) is 2.42. The Bertz CT molecular complexity index is 414. The summed E-state index contributed by atoms with van der Waals surface area (Å²) < 4.78 is 6.45. The van der Waals surface area contributed by atoms with Crippen LogP contribution in [0, 0.1) is 0 Å². The van der Waals surface area contributed by atoms with E-state index in [9.17, 15) is 9.59 Å². The lowest BCUT2D eigenvalue weighted by Gasteiger charge is -2.06. The molecule has 0 radical (unpaired) electrons. The normalized spacial score (nSPS) is 10.2. The van der Waals surface area contributed by atoms with E-state index in [0.29, 0.717) is 24.4 Å². The molecule has 0 saturated carbocycles. The molecule has 0 aromatic carbocycles. The summed E-state index contributed by atoms with van der Waals surface area (Å²) in [6, 6.07) is 0. The minimum Gasteiger partial charge on any atom is -0.462 e. The smallest absolute Gasteiger partial charge is 0.341 e. The number of hydrogen-bond donors (Lipinski definition) is 2. The Morgan fingerprint density at radius 3 is 2.88 bits per heavy atom. The molecule has 0 unspecified atom stereocenters. The molecule has 0 fully saturated rings. The van der Waals surface area contributed by atoms with E-state index in [2.05, 4.69) is 10.4 Å². The van der Waals surface area contributed by atoms with Gasteiger partial charge in [-0.1, -0.05) is 0 Å². The van der Waals surface area contributed by atoms with Crippen LogP contribution in [0.3, 0.4) is 0 Å². The van der Waals surface area contributed by atoms with Gasteiger partial charge in [-0.3, -0.25) is 9.48 Å². The van der Waals surface area contributed by atoms with Crippen molar-refractivity contribution in [1.29, 1.82) is 0 Å². The fourth-order valence-corrected chi connectivity index (χ4v) is 1.36. The first-order valence-electron chi connectivity index (χ1n) is 5.23. The Labute approximate surface area is 98.9 Å². The number of primary amides is 1. The molecule has 7 heteroatoms. The first-order valence-corrected chi connectivity index (χ1v) is 5.23. The molecule has 1 rings (SSSR count). The van der Waals surface area contributed by atoms with E-state index in [0.717, 1.165) is 0 Å². The fourth-order valence-electron chi connectivity index (χ4n) is 1.36.